The minimum atomic E-state index is 0.846. The molecule has 3 aromatic rings. The molecule has 0 saturated carbocycles. The summed E-state index contributed by atoms with van der Waals surface area (Å²) in [6.07, 6.45) is 0. The van der Waals surface area contributed by atoms with Crippen LogP contribution in [0.5, 0.6) is 0 Å². The van der Waals surface area contributed by atoms with Crippen molar-refractivity contribution in [3.8, 4) is 10.6 Å². The third-order valence-electron chi connectivity index (χ3n) is 2.35. The van der Waals surface area contributed by atoms with Gasteiger partial charge in [0.25, 0.3) is 0 Å². The Balaban J connectivity index is 2.27. The molecular weight excluding hydrogens is 206 g/mol. The number of nitrogens with zero attached hydrogens (tertiary/aromatic N) is 1. The first-order valence-electron chi connectivity index (χ1n) is 4.76. The van der Waals surface area contributed by atoms with Crippen molar-refractivity contribution in [1.82, 2.24) is 5.16 Å². The van der Waals surface area contributed by atoms with Crippen molar-refractivity contribution in [3.63, 3.8) is 0 Å². The molecule has 0 unspecified atom stereocenters. The van der Waals surface area contributed by atoms with Crippen molar-refractivity contribution in [3.05, 3.63) is 41.3 Å². The van der Waals surface area contributed by atoms with E-state index in [2.05, 4.69) is 24.2 Å². The van der Waals surface area contributed by atoms with Gasteiger partial charge >= 0.3 is 0 Å². The Morgan fingerprint density at radius 3 is 2.80 bits per heavy atom. The molecule has 0 radical (unpaired) electrons. The van der Waals surface area contributed by atoms with Crippen LogP contribution >= 0.6 is 11.3 Å². The van der Waals surface area contributed by atoms with E-state index in [1.807, 2.05) is 24.3 Å². The van der Waals surface area contributed by atoms with Crippen LogP contribution in [-0.2, 0) is 0 Å². The van der Waals surface area contributed by atoms with Crippen LogP contribution < -0.4 is 0 Å². The predicted octanol–water partition coefficient (Wildman–Crippen LogP) is 3.86. The van der Waals surface area contributed by atoms with Crippen LogP contribution in [0, 0.1) is 6.92 Å². The maximum Gasteiger partial charge on any atom is 0.167 e. The molecule has 0 amide bonds. The van der Waals surface area contributed by atoms with Gasteiger partial charge in [0.2, 0.25) is 0 Å². The van der Waals surface area contributed by atoms with Crippen molar-refractivity contribution in [2.24, 2.45) is 0 Å². The highest BCUT2D eigenvalue weighted by Crippen LogP contribution is 2.32. The van der Waals surface area contributed by atoms with E-state index in [0.717, 1.165) is 21.5 Å². The van der Waals surface area contributed by atoms with Gasteiger partial charge in [0.05, 0.1) is 10.3 Å². The summed E-state index contributed by atoms with van der Waals surface area (Å²) < 4.78 is 5.27. The average Bonchev–Trinajstić information content (AvgIpc) is 2.83. The van der Waals surface area contributed by atoms with E-state index in [1.54, 1.807) is 11.3 Å². The first-order chi connectivity index (χ1) is 7.34. The third-order valence-corrected chi connectivity index (χ3v) is 3.36. The zero-order chi connectivity index (χ0) is 10.3. The lowest BCUT2D eigenvalue weighted by molar-refractivity contribution is 0.459. The Morgan fingerprint density at radius 2 is 2.00 bits per heavy atom. The highest BCUT2D eigenvalue weighted by Gasteiger charge is 2.10. The minimum Gasteiger partial charge on any atom is -0.356 e. The molecule has 0 aliphatic carbocycles. The van der Waals surface area contributed by atoms with Crippen LogP contribution in [0.3, 0.4) is 0 Å². The summed E-state index contributed by atoms with van der Waals surface area (Å²) in [4.78, 5) is 2.45. The summed E-state index contributed by atoms with van der Waals surface area (Å²) in [6, 6.07) is 12.1. The number of aromatic nitrogens is 1. The fourth-order valence-corrected chi connectivity index (χ4v) is 2.49. The lowest BCUT2D eigenvalue weighted by atomic mass is 10.2. The van der Waals surface area contributed by atoms with Crippen LogP contribution in [0.25, 0.3) is 21.5 Å². The first kappa shape index (κ1) is 8.68. The summed E-state index contributed by atoms with van der Waals surface area (Å²) in [5, 5.41) is 5.20. The van der Waals surface area contributed by atoms with Gasteiger partial charge in [-0.05, 0) is 31.2 Å². The molecule has 0 N–H and O–H groups in total. The van der Waals surface area contributed by atoms with Crippen molar-refractivity contribution >= 4 is 22.3 Å². The maximum absolute atomic E-state index is 5.27. The van der Waals surface area contributed by atoms with Gasteiger partial charge < -0.3 is 4.52 Å². The van der Waals surface area contributed by atoms with E-state index >= 15 is 0 Å². The summed E-state index contributed by atoms with van der Waals surface area (Å²) in [5.74, 6) is 0. The standard InChI is InChI=1S/C12H9NOS/c1-8-6-7-11(15-8)12-9-4-2-3-5-10(9)14-13-12/h2-7H,1H3. The highest BCUT2D eigenvalue weighted by molar-refractivity contribution is 7.15. The van der Waals surface area contributed by atoms with Crippen LogP contribution in [0.4, 0.5) is 0 Å². The molecule has 3 heteroatoms. The minimum absolute atomic E-state index is 0.846. The first-order valence-corrected chi connectivity index (χ1v) is 5.57. The van der Waals surface area contributed by atoms with E-state index in [9.17, 15) is 0 Å². The Bertz CT molecular complexity index is 609. The quantitative estimate of drug-likeness (QED) is 0.616. The van der Waals surface area contributed by atoms with Crippen molar-refractivity contribution in [2.75, 3.05) is 0 Å². The molecule has 0 aliphatic heterocycles. The van der Waals surface area contributed by atoms with Gasteiger partial charge in [0.1, 0.15) is 5.69 Å². The molecule has 0 bridgehead atoms. The van der Waals surface area contributed by atoms with Crippen molar-refractivity contribution in [2.45, 2.75) is 6.92 Å². The molecule has 0 saturated heterocycles. The molecule has 74 valence electrons. The molecule has 15 heavy (non-hydrogen) atoms. The molecule has 1 aromatic carbocycles. The number of aryl methyl sites for hydroxylation is 1. The van der Waals surface area contributed by atoms with Crippen LogP contribution in [0.1, 0.15) is 4.88 Å². The predicted molar refractivity (Wildman–Crippen MR) is 62.1 cm³/mol. The van der Waals surface area contributed by atoms with Crippen molar-refractivity contribution < 1.29 is 4.52 Å². The second-order valence-electron chi connectivity index (χ2n) is 3.44. The smallest absolute Gasteiger partial charge is 0.167 e. The molecule has 0 fully saturated rings. The van der Waals surface area contributed by atoms with Gasteiger partial charge in [-0.15, -0.1) is 11.3 Å². The van der Waals surface area contributed by atoms with Crippen LogP contribution in [-0.4, -0.2) is 5.16 Å². The zero-order valence-electron chi connectivity index (χ0n) is 8.23. The Hall–Kier alpha value is -1.61. The average molecular weight is 215 g/mol. The Morgan fingerprint density at radius 1 is 1.13 bits per heavy atom. The Labute approximate surface area is 91.1 Å². The number of benzene rings is 1. The van der Waals surface area contributed by atoms with Crippen molar-refractivity contribution in [1.29, 1.82) is 0 Å². The fourth-order valence-electron chi connectivity index (χ4n) is 1.63. The third kappa shape index (κ3) is 1.36. The van der Waals surface area contributed by atoms with Gasteiger partial charge in [0, 0.05) is 4.88 Å². The van der Waals surface area contributed by atoms with Gasteiger partial charge in [-0.3, -0.25) is 0 Å². The molecule has 0 aliphatic rings. The lowest BCUT2D eigenvalue weighted by Gasteiger charge is -1.89. The fraction of sp³-hybridized carbons (Fsp3) is 0.0833. The second-order valence-corrected chi connectivity index (χ2v) is 4.73. The maximum atomic E-state index is 5.27. The van der Waals surface area contributed by atoms with Gasteiger partial charge in [-0.2, -0.15) is 0 Å². The summed E-state index contributed by atoms with van der Waals surface area (Å²) in [7, 11) is 0. The number of thiophene rings is 1. The number of hydrogen-bond donors (Lipinski definition) is 0. The highest BCUT2D eigenvalue weighted by atomic mass is 32.1. The van der Waals surface area contributed by atoms with E-state index in [4.69, 9.17) is 4.52 Å². The number of hydrogen-bond acceptors (Lipinski definition) is 3. The Kier molecular flexibility index (Phi) is 1.86. The largest absolute Gasteiger partial charge is 0.356 e. The summed E-state index contributed by atoms with van der Waals surface area (Å²) in [6.45, 7) is 2.09. The number of para-hydroxylation sites is 1. The molecule has 0 spiro atoms. The molecule has 2 nitrogen and oxygen atoms in total. The van der Waals surface area contributed by atoms with Gasteiger partial charge in [0.15, 0.2) is 5.58 Å². The van der Waals surface area contributed by atoms with E-state index in [0.29, 0.717) is 0 Å². The lowest BCUT2D eigenvalue weighted by Crippen LogP contribution is -1.70. The summed E-state index contributed by atoms with van der Waals surface area (Å²) >= 11 is 1.74. The second kappa shape index (κ2) is 3.21. The van der Waals surface area contributed by atoms with Crippen LogP contribution in [0.2, 0.25) is 0 Å². The molecule has 2 aromatic heterocycles. The van der Waals surface area contributed by atoms with E-state index < -0.39 is 0 Å². The van der Waals surface area contributed by atoms with E-state index in [1.165, 1.54) is 4.88 Å². The molecule has 0 atom stereocenters. The van der Waals surface area contributed by atoms with Gasteiger partial charge in [-0.25, -0.2) is 0 Å². The normalized spacial score (nSPS) is 11.0. The zero-order valence-corrected chi connectivity index (χ0v) is 9.04. The van der Waals surface area contributed by atoms with Gasteiger partial charge in [-0.1, -0.05) is 17.3 Å². The molecule has 2 heterocycles. The number of fused-ring (bicyclic) bond motifs is 1. The SMILES string of the molecule is Cc1ccc(-c2noc3ccccc23)s1. The molecular formula is C12H9NOS. The topological polar surface area (TPSA) is 26.0 Å². The molecule has 3 rings (SSSR count). The summed E-state index contributed by atoms with van der Waals surface area (Å²) in [5.41, 5.74) is 1.79. The number of rotatable bonds is 1. The van der Waals surface area contributed by atoms with Crippen LogP contribution in [0.15, 0.2) is 40.9 Å². The van der Waals surface area contributed by atoms with E-state index in [-0.39, 0.29) is 0 Å². The monoisotopic (exact) mass is 215 g/mol.